The van der Waals surface area contributed by atoms with Crippen LogP contribution in [0.25, 0.3) is 0 Å². The molecule has 0 aliphatic heterocycles. The van der Waals surface area contributed by atoms with Crippen molar-refractivity contribution in [3.8, 4) is 11.5 Å². The molecule has 0 saturated heterocycles. The van der Waals surface area contributed by atoms with Gasteiger partial charge in [0, 0.05) is 11.0 Å². The molecule has 2 aromatic carbocycles. The zero-order valence-electron chi connectivity index (χ0n) is 11.6. The molecule has 4 rings (SSSR count). The van der Waals surface area contributed by atoms with Crippen molar-refractivity contribution >= 4 is 5.78 Å². The van der Waals surface area contributed by atoms with Gasteiger partial charge in [0.15, 0.2) is 5.78 Å². The average Bonchev–Trinajstić information content (AvgIpc) is 2.82. The number of aromatic hydroxyl groups is 2. The number of Topliss-reactive ketones (excluding diaryl/α,β-unsaturated/α-hetero) is 1. The Kier molecular flexibility index (Phi) is 3.24. The number of benzene rings is 2. The summed E-state index contributed by atoms with van der Waals surface area (Å²) in [4.78, 5) is 13.0. The van der Waals surface area contributed by atoms with Crippen molar-refractivity contribution in [1.29, 1.82) is 0 Å². The van der Waals surface area contributed by atoms with Gasteiger partial charge < -0.3 is 10.2 Å². The van der Waals surface area contributed by atoms with Gasteiger partial charge in [0.05, 0.1) is 0 Å². The van der Waals surface area contributed by atoms with E-state index in [-0.39, 0.29) is 30.1 Å². The molecule has 0 fully saturated rings. The Labute approximate surface area is 130 Å². The van der Waals surface area contributed by atoms with Crippen LogP contribution in [0, 0.1) is 5.41 Å². The van der Waals surface area contributed by atoms with E-state index in [2.05, 4.69) is 0 Å². The van der Waals surface area contributed by atoms with E-state index in [1.807, 2.05) is 6.07 Å². The Hall–Kier alpha value is -2.29. The van der Waals surface area contributed by atoms with Crippen LogP contribution in [0.15, 0.2) is 36.4 Å². The van der Waals surface area contributed by atoms with Gasteiger partial charge in [-0.2, -0.15) is 0 Å². The fourth-order valence-electron chi connectivity index (χ4n) is 3.86. The Balaban J connectivity index is 0.00000144. The summed E-state index contributed by atoms with van der Waals surface area (Å²) in [5, 5.41) is 19.2. The van der Waals surface area contributed by atoms with Crippen LogP contribution < -0.4 is 0 Å². The van der Waals surface area contributed by atoms with Gasteiger partial charge in [-0.1, -0.05) is 13.5 Å². The highest BCUT2D eigenvalue weighted by Gasteiger charge is 2.46. The zero-order valence-corrected chi connectivity index (χ0v) is 11.6. The van der Waals surface area contributed by atoms with Gasteiger partial charge >= 0.3 is 0 Å². The maximum Gasteiger partial charge on any atom is 0.169 e. The van der Waals surface area contributed by atoms with E-state index in [4.69, 9.17) is 0 Å². The first-order chi connectivity index (χ1) is 10.1. The van der Waals surface area contributed by atoms with E-state index in [1.165, 1.54) is 5.56 Å². The van der Waals surface area contributed by atoms with Crippen molar-refractivity contribution in [1.82, 2.24) is 0 Å². The van der Waals surface area contributed by atoms with Gasteiger partial charge in [0.25, 0.3) is 0 Å². The number of hydrogen-bond donors (Lipinski definition) is 2. The third kappa shape index (κ3) is 2.00. The molecule has 2 aliphatic carbocycles. The number of hydrogen-bond acceptors (Lipinski definition) is 3. The second-order valence-corrected chi connectivity index (χ2v) is 6.26. The van der Waals surface area contributed by atoms with Crippen molar-refractivity contribution in [3.63, 3.8) is 0 Å². The number of carbonyl (C=O) groups is 1. The van der Waals surface area contributed by atoms with E-state index in [0.29, 0.717) is 6.42 Å². The molecule has 0 radical (unpaired) electrons. The first-order valence-electron chi connectivity index (χ1n) is 7.25. The molecule has 1 atom stereocenters. The lowest BCUT2D eigenvalue weighted by atomic mass is 9.68. The first kappa shape index (κ1) is 14.6. The summed E-state index contributed by atoms with van der Waals surface area (Å²) in [7, 11) is 0. The molecule has 0 heterocycles. The Bertz CT molecular complexity index is 763. The van der Waals surface area contributed by atoms with Gasteiger partial charge in [0.1, 0.15) is 11.5 Å². The average molecular weight is 296 g/mol. The third-order valence-corrected chi connectivity index (χ3v) is 4.94. The fourth-order valence-corrected chi connectivity index (χ4v) is 3.86. The lowest BCUT2D eigenvalue weighted by Crippen LogP contribution is -2.36. The summed E-state index contributed by atoms with van der Waals surface area (Å²) in [6.45, 7) is 0. The van der Waals surface area contributed by atoms with Crippen molar-refractivity contribution in [2.45, 2.75) is 33.1 Å². The van der Waals surface area contributed by atoms with Crippen LogP contribution in [0.5, 0.6) is 11.5 Å². The molecule has 2 N–H and O–H groups in total. The first-order valence-corrected chi connectivity index (χ1v) is 7.25. The Morgan fingerprint density at radius 2 is 1.50 bits per heavy atom. The van der Waals surface area contributed by atoms with Crippen molar-refractivity contribution in [3.05, 3.63) is 58.7 Å². The monoisotopic (exact) mass is 296 g/mol. The van der Waals surface area contributed by atoms with E-state index in [9.17, 15) is 15.0 Å². The van der Waals surface area contributed by atoms with E-state index in [1.54, 1.807) is 30.3 Å². The summed E-state index contributed by atoms with van der Waals surface area (Å²) in [6, 6.07) is 10.4. The minimum absolute atomic E-state index is 0. The van der Waals surface area contributed by atoms with Gasteiger partial charge in [-0.15, -0.1) is 0 Å². The number of rotatable bonds is 0. The molecule has 0 bridgehead atoms. The lowest BCUT2D eigenvalue weighted by molar-refractivity contribution is 0.0771. The van der Waals surface area contributed by atoms with Crippen LogP contribution in [0.2, 0.25) is 0 Å². The molecule has 1 spiro atoms. The zero-order chi connectivity index (χ0) is 14.6. The van der Waals surface area contributed by atoms with Crippen molar-refractivity contribution in [2.24, 2.45) is 5.41 Å². The highest BCUT2D eigenvalue weighted by Crippen LogP contribution is 2.47. The lowest BCUT2D eigenvalue weighted by Gasteiger charge is -2.33. The van der Waals surface area contributed by atoms with Crippen LogP contribution in [0.1, 0.15) is 40.9 Å². The van der Waals surface area contributed by atoms with Crippen LogP contribution in [-0.4, -0.2) is 16.0 Å². The largest absolute Gasteiger partial charge is 0.508 e. The summed E-state index contributed by atoms with van der Waals surface area (Å²) in [5.74, 6) is 0.663. The van der Waals surface area contributed by atoms with Gasteiger partial charge in [-0.05, 0) is 72.7 Å². The maximum atomic E-state index is 13.0. The summed E-state index contributed by atoms with van der Waals surface area (Å²) in [6.07, 6.45) is 3.07. The molecule has 0 saturated carbocycles. The van der Waals surface area contributed by atoms with Crippen molar-refractivity contribution < 1.29 is 15.0 Å². The number of phenols is 2. The van der Waals surface area contributed by atoms with Gasteiger partial charge in [-0.3, -0.25) is 4.79 Å². The number of ketones is 1. The second kappa shape index (κ2) is 4.87. The minimum atomic E-state index is -0.361. The molecule has 0 amide bonds. The number of phenolic OH excluding ortho intramolecular Hbond substituents is 2. The van der Waals surface area contributed by atoms with E-state index >= 15 is 0 Å². The highest BCUT2D eigenvalue weighted by molar-refractivity contribution is 6.03. The minimum Gasteiger partial charge on any atom is -0.508 e. The molecule has 0 aromatic heterocycles. The Morgan fingerprint density at radius 3 is 2.27 bits per heavy atom. The molecule has 22 heavy (non-hydrogen) atoms. The van der Waals surface area contributed by atoms with Crippen LogP contribution in [0.4, 0.5) is 0 Å². The molecule has 1 unspecified atom stereocenters. The maximum absolute atomic E-state index is 13.0. The van der Waals surface area contributed by atoms with Gasteiger partial charge in [0.2, 0.25) is 0 Å². The standard InChI is InChI=1S/C18H16O3.CH4/c19-14-2-1-12-9-18(10-13(12)8-14)6-5-11-7-15(20)3-4-16(11)17(18)21;/h1-4,7-8,19-20H,5-6,9-10H2;1H4. The smallest absolute Gasteiger partial charge is 0.169 e. The SMILES string of the molecule is C.O=C1c2ccc(O)cc2CCC12Cc1ccc(O)cc1C2. The van der Waals surface area contributed by atoms with Crippen molar-refractivity contribution in [2.75, 3.05) is 0 Å². The molecule has 2 aliphatic rings. The summed E-state index contributed by atoms with van der Waals surface area (Å²) < 4.78 is 0. The molecule has 2 aromatic rings. The van der Waals surface area contributed by atoms with Crippen LogP contribution >= 0.6 is 0 Å². The highest BCUT2D eigenvalue weighted by atomic mass is 16.3. The Morgan fingerprint density at radius 1 is 0.864 bits per heavy atom. The molecular formula is C19H20O3. The second-order valence-electron chi connectivity index (χ2n) is 6.26. The third-order valence-electron chi connectivity index (χ3n) is 4.94. The summed E-state index contributed by atoms with van der Waals surface area (Å²) in [5.41, 5.74) is 3.59. The number of aryl methyl sites for hydroxylation is 1. The summed E-state index contributed by atoms with van der Waals surface area (Å²) >= 11 is 0. The number of fused-ring (bicyclic) bond motifs is 2. The number of carbonyl (C=O) groups excluding carboxylic acids is 1. The quantitative estimate of drug-likeness (QED) is 0.780. The van der Waals surface area contributed by atoms with Crippen LogP contribution in [0.3, 0.4) is 0 Å². The molecule has 114 valence electrons. The predicted octanol–water partition coefficient (Wildman–Crippen LogP) is 3.65. The normalized spacial score (nSPS) is 22.1. The fraction of sp³-hybridized carbons (Fsp3) is 0.316. The molecule has 3 heteroatoms. The topological polar surface area (TPSA) is 57.5 Å². The predicted molar refractivity (Wildman–Crippen MR) is 85.4 cm³/mol. The van der Waals surface area contributed by atoms with E-state index < -0.39 is 0 Å². The van der Waals surface area contributed by atoms with Crippen LogP contribution in [-0.2, 0) is 19.3 Å². The van der Waals surface area contributed by atoms with E-state index in [0.717, 1.165) is 36.0 Å². The molecular weight excluding hydrogens is 276 g/mol. The van der Waals surface area contributed by atoms with Gasteiger partial charge in [-0.25, -0.2) is 0 Å². The molecule has 3 nitrogen and oxygen atoms in total.